The minimum Gasteiger partial charge on any atom is -0.472 e. The SMILES string of the molecule is NCCC(=O)NC(Cc1ccc(Cl)cc1)C(=O)N1CCC(N(C(=O)c2ccoc2)C2CCCCC2)C1. The molecule has 1 saturated carbocycles. The zero-order chi connectivity index (χ0) is 25.5. The molecule has 3 N–H and O–H groups in total. The third-order valence-corrected chi connectivity index (χ3v) is 7.45. The highest BCUT2D eigenvalue weighted by molar-refractivity contribution is 6.30. The summed E-state index contributed by atoms with van der Waals surface area (Å²) in [4.78, 5) is 43.3. The van der Waals surface area contributed by atoms with Crippen LogP contribution < -0.4 is 11.1 Å². The molecule has 3 amide bonds. The predicted molar refractivity (Wildman–Crippen MR) is 137 cm³/mol. The van der Waals surface area contributed by atoms with E-state index in [2.05, 4.69) is 5.32 Å². The minimum atomic E-state index is -0.711. The fourth-order valence-electron chi connectivity index (χ4n) is 5.37. The molecule has 1 aromatic heterocycles. The third kappa shape index (κ3) is 6.48. The normalized spacial score (nSPS) is 19.2. The van der Waals surface area contributed by atoms with Crippen LogP contribution in [0.3, 0.4) is 0 Å². The summed E-state index contributed by atoms with van der Waals surface area (Å²) in [5.41, 5.74) is 6.99. The molecule has 2 atom stereocenters. The van der Waals surface area contributed by atoms with Crippen LogP contribution in [-0.2, 0) is 16.0 Å². The van der Waals surface area contributed by atoms with Crippen LogP contribution in [0, 0.1) is 0 Å². The average Bonchev–Trinajstić information content (AvgIpc) is 3.59. The zero-order valence-corrected chi connectivity index (χ0v) is 21.3. The van der Waals surface area contributed by atoms with Crippen molar-refractivity contribution in [3.05, 3.63) is 59.0 Å². The summed E-state index contributed by atoms with van der Waals surface area (Å²) in [5.74, 6) is -0.430. The predicted octanol–water partition coefficient (Wildman–Crippen LogP) is 3.39. The van der Waals surface area contributed by atoms with E-state index < -0.39 is 6.04 Å². The van der Waals surface area contributed by atoms with E-state index in [1.165, 1.54) is 18.9 Å². The number of nitrogens with two attached hydrogens (primary N) is 1. The van der Waals surface area contributed by atoms with Gasteiger partial charge in [0.15, 0.2) is 0 Å². The van der Waals surface area contributed by atoms with Gasteiger partial charge in [-0.15, -0.1) is 0 Å². The molecule has 1 aromatic carbocycles. The van der Waals surface area contributed by atoms with Gasteiger partial charge in [-0.2, -0.15) is 0 Å². The Balaban J connectivity index is 1.49. The number of carbonyl (C=O) groups excluding carboxylic acids is 3. The number of nitrogens with one attached hydrogen (secondary N) is 1. The van der Waals surface area contributed by atoms with Gasteiger partial charge in [0.25, 0.3) is 5.91 Å². The third-order valence-electron chi connectivity index (χ3n) is 7.20. The van der Waals surface area contributed by atoms with Gasteiger partial charge in [0.1, 0.15) is 12.3 Å². The van der Waals surface area contributed by atoms with E-state index in [-0.39, 0.29) is 42.8 Å². The summed E-state index contributed by atoms with van der Waals surface area (Å²) in [7, 11) is 0. The molecule has 4 rings (SSSR count). The van der Waals surface area contributed by atoms with E-state index in [4.69, 9.17) is 21.8 Å². The van der Waals surface area contributed by atoms with Crippen LogP contribution in [0.25, 0.3) is 0 Å². The minimum absolute atomic E-state index is 0.0380. The van der Waals surface area contributed by atoms with E-state index in [9.17, 15) is 14.4 Å². The number of amides is 3. The topological polar surface area (TPSA) is 109 Å². The number of likely N-dealkylation sites (tertiary alicyclic amines) is 1. The molecule has 1 aliphatic carbocycles. The van der Waals surface area contributed by atoms with Crippen LogP contribution >= 0.6 is 11.6 Å². The summed E-state index contributed by atoms with van der Waals surface area (Å²) in [5, 5.41) is 3.49. The first-order valence-corrected chi connectivity index (χ1v) is 13.2. The lowest BCUT2D eigenvalue weighted by Crippen LogP contribution is -2.52. The molecule has 2 unspecified atom stereocenters. The lowest BCUT2D eigenvalue weighted by molar-refractivity contribution is -0.135. The number of nitrogens with zero attached hydrogens (tertiary/aromatic N) is 2. The van der Waals surface area contributed by atoms with Crippen molar-refractivity contribution < 1.29 is 18.8 Å². The maximum Gasteiger partial charge on any atom is 0.257 e. The average molecular weight is 515 g/mol. The van der Waals surface area contributed by atoms with E-state index in [1.54, 1.807) is 23.1 Å². The van der Waals surface area contributed by atoms with Crippen molar-refractivity contribution in [3.8, 4) is 0 Å². The molecule has 0 bridgehead atoms. The van der Waals surface area contributed by atoms with Crippen LogP contribution in [0.2, 0.25) is 5.02 Å². The Kier molecular flexibility index (Phi) is 9.04. The van der Waals surface area contributed by atoms with Gasteiger partial charge in [-0.1, -0.05) is 43.0 Å². The second-order valence-electron chi connectivity index (χ2n) is 9.73. The van der Waals surface area contributed by atoms with Crippen LogP contribution in [0.1, 0.15) is 60.9 Å². The fourth-order valence-corrected chi connectivity index (χ4v) is 5.49. The van der Waals surface area contributed by atoms with Crippen molar-refractivity contribution in [2.75, 3.05) is 19.6 Å². The Labute approximate surface area is 217 Å². The summed E-state index contributed by atoms with van der Waals surface area (Å²) in [6.07, 6.45) is 9.56. The van der Waals surface area contributed by atoms with Crippen molar-refractivity contribution in [1.82, 2.24) is 15.1 Å². The maximum atomic E-state index is 13.6. The molecule has 194 valence electrons. The molecule has 1 saturated heterocycles. The number of carbonyl (C=O) groups is 3. The second kappa shape index (κ2) is 12.4. The molecule has 1 aliphatic heterocycles. The number of hydrogen-bond donors (Lipinski definition) is 2. The Hall–Kier alpha value is -2.84. The summed E-state index contributed by atoms with van der Waals surface area (Å²) in [6, 6.07) is 8.34. The Morgan fingerprint density at radius 2 is 1.83 bits per heavy atom. The summed E-state index contributed by atoms with van der Waals surface area (Å²) >= 11 is 6.02. The van der Waals surface area contributed by atoms with Crippen molar-refractivity contribution >= 4 is 29.3 Å². The molecule has 2 aliphatic rings. The summed E-state index contributed by atoms with van der Waals surface area (Å²) in [6.45, 7) is 1.20. The van der Waals surface area contributed by atoms with Gasteiger partial charge in [-0.25, -0.2) is 0 Å². The number of hydrogen-bond acceptors (Lipinski definition) is 5. The number of benzene rings is 1. The first kappa shape index (κ1) is 26.2. The van der Waals surface area contributed by atoms with Crippen molar-refractivity contribution in [2.45, 2.75) is 69.5 Å². The van der Waals surface area contributed by atoms with E-state index >= 15 is 0 Å². The number of furan rings is 1. The molecule has 36 heavy (non-hydrogen) atoms. The Bertz CT molecular complexity index is 1020. The van der Waals surface area contributed by atoms with Crippen molar-refractivity contribution in [1.29, 1.82) is 0 Å². The molecule has 2 aromatic rings. The molecule has 8 nitrogen and oxygen atoms in total. The highest BCUT2D eigenvalue weighted by Gasteiger charge is 2.39. The molecule has 2 fully saturated rings. The van der Waals surface area contributed by atoms with Gasteiger partial charge in [-0.3, -0.25) is 14.4 Å². The molecule has 2 heterocycles. The molecule has 9 heteroatoms. The fraction of sp³-hybridized carbons (Fsp3) is 0.519. The monoisotopic (exact) mass is 514 g/mol. The van der Waals surface area contributed by atoms with Gasteiger partial charge in [0.05, 0.1) is 17.9 Å². The van der Waals surface area contributed by atoms with Gasteiger partial charge >= 0.3 is 0 Å². The zero-order valence-electron chi connectivity index (χ0n) is 20.5. The Morgan fingerprint density at radius 1 is 1.08 bits per heavy atom. The van der Waals surface area contributed by atoms with E-state index in [1.807, 2.05) is 17.0 Å². The molecular weight excluding hydrogens is 480 g/mol. The summed E-state index contributed by atoms with van der Waals surface area (Å²) < 4.78 is 5.18. The van der Waals surface area contributed by atoms with Crippen LogP contribution in [0.4, 0.5) is 0 Å². The number of halogens is 1. The second-order valence-corrected chi connectivity index (χ2v) is 10.2. The highest BCUT2D eigenvalue weighted by Crippen LogP contribution is 2.29. The largest absolute Gasteiger partial charge is 0.472 e. The smallest absolute Gasteiger partial charge is 0.257 e. The lowest BCUT2D eigenvalue weighted by Gasteiger charge is -2.38. The van der Waals surface area contributed by atoms with Crippen molar-refractivity contribution in [2.24, 2.45) is 5.73 Å². The van der Waals surface area contributed by atoms with E-state index in [0.29, 0.717) is 36.5 Å². The molecule has 0 spiro atoms. The highest BCUT2D eigenvalue weighted by atomic mass is 35.5. The van der Waals surface area contributed by atoms with Gasteiger partial charge in [0.2, 0.25) is 11.8 Å². The van der Waals surface area contributed by atoms with Gasteiger partial charge in [-0.05, 0) is 43.0 Å². The lowest BCUT2D eigenvalue weighted by atomic mass is 9.92. The van der Waals surface area contributed by atoms with Gasteiger partial charge in [0, 0.05) is 43.5 Å². The maximum absolute atomic E-state index is 13.6. The first-order valence-electron chi connectivity index (χ1n) is 12.8. The molecular formula is C27H35ClN4O4. The first-order chi connectivity index (χ1) is 17.5. The van der Waals surface area contributed by atoms with Crippen LogP contribution in [0.5, 0.6) is 0 Å². The van der Waals surface area contributed by atoms with Crippen molar-refractivity contribution in [3.63, 3.8) is 0 Å². The quantitative estimate of drug-likeness (QED) is 0.533. The van der Waals surface area contributed by atoms with Crippen LogP contribution in [-0.4, -0.2) is 65.3 Å². The number of rotatable bonds is 9. The standard InChI is InChI=1S/C27H35ClN4O4/c28-21-8-6-19(7-9-21)16-24(30-25(33)10-13-29)27(35)31-14-11-23(17-31)32(22-4-2-1-3-5-22)26(34)20-12-15-36-18-20/h6-9,12,15,18,22-24H,1-5,10-11,13-14,16-17,29H2,(H,30,33). The van der Waals surface area contributed by atoms with E-state index in [0.717, 1.165) is 31.2 Å². The van der Waals surface area contributed by atoms with Gasteiger partial charge < -0.3 is 25.3 Å². The van der Waals surface area contributed by atoms with Crippen LogP contribution in [0.15, 0.2) is 47.3 Å². The molecule has 0 radical (unpaired) electrons. The Morgan fingerprint density at radius 3 is 2.50 bits per heavy atom.